The second kappa shape index (κ2) is 5.30. The van der Waals surface area contributed by atoms with E-state index in [1.165, 1.54) is 12.0 Å². The molecule has 0 spiro atoms. The summed E-state index contributed by atoms with van der Waals surface area (Å²) in [6.07, 6.45) is 5.15. The van der Waals surface area contributed by atoms with Crippen LogP contribution in [0.25, 0.3) is 0 Å². The minimum Gasteiger partial charge on any atom is -0.304 e. The maximum absolute atomic E-state index is 4.28. The Bertz CT molecular complexity index is 574. The highest BCUT2D eigenvalue weighted by Crippen LogP contribution is 2.64. The first-order valence-corrected chi connectivity index (χ1v) is 7.75. The Hall–Kier alpha value is -1.61. The molecule has 1 saturated carbocycles. The molecule has 0 saturated heterocycles. The lowest BCUT2D eigenvalue weighted by atomic mass is 9.87. The van der Waals surface area contributed by atoms with Gasteiger partial charge in [-0.1, -0.05) is 44.2 Å². The van der Waals surface area contributed by atoms with Gasteiger partial charge in [0.1, 0.15) is 0 Å². The fourth-order valence-electron chi connectivity index (χ4n) is 3.57. The molecule has 0 bridgehead atoms. The molecule has 0 radical (unpaired) electrons. The van der Waals surface area contributed by atoms with Gasteiger partial charge in [-0.2, -0.15) is 5.10 Å². The van der Waals surface area contributed by atoms with Crippen molar-refractivity contribution in [2.24, 2.45) is 5.41 Å². The Morgan fingerprint density at radius 3 is 2.48 bits per heavy atom. The predicted octanol–water partition coefficient (Wildman–Crippen LogP) is 3.18. The van der Waals surface area contributed by atoms with Crippen molar-refractivity contribution in [2.45, 2.75) is 32.2 Å². The first-order valence-electron chi connectivity index (χ1n) is 7.75. The van der Waals surface area contributed by atoms with E-state index < -0.39 is 0 Å². The highest BCUT2D eigenvalue weighted by atomic mass is 15.3. The normalized spacial score (nSPS) is 23.4. The molecule has 1 aliphatic carbocycles. The second-order valence-corrected chi connectivity index (χ2v) is 7.02. The van der Waals surface area contributed by atoms with Gasteiger partial charge in [0.15, 0.2) is 0 Å². The van der Waals surface area contributed by atoms with Crippen LogP contribution in [0.15, 0.2) is 48.8 Å². The van der Waals surface area contributed by atoms with E-state index in [9.17, 15) is 0 Å². The molecule has 1 aromatic heterocycles. The van der Waals surface area contributed by atoms with Crippen molar-refractivity contribution >= 4 is 0 Å². The van der Waals surface area contributed by atoms with Crippen LogP contribution in [0.1, 0.15) is 25.8 Å². The van der Waals surface area contributed by atoms with Gasteiger partial charge in [0.25, 0.3) is 0 Å². The molecule has 1 heterocycles. The summed E-state index contributed by atoms with van der Waals surface area (Å²) in [7, 11) is 2.22. The average molecular weight is 283 g/mol. The first-order chi connectivity index (χ1) is 10.0. The maximum atomic E-state index is 4.28. The van der Waals surface area contributed by atoms with Gasteiger partial charge in [0, 0.05) is 30.9 Å². The Labute approximate surface area is 127 Å². The lowest BCUT2D eigenvalue weighted by Crippen LogP contribution is -2.34. The van der Waals surface area contributed by atoms with Gasteiger partial charge < -0.3 is 4.90 Å². The third-order valence-electron chi connectivity index (χ3n) is 5.05. The van der Waals surface area contributed by atoms with E-state index in [0.717, 1.165) is 19.6 Å². The van der Waals surface area contributed by atoms with Crippen molar-refractivity contribution in [3.63, 3.8) is 0 Å². The molecular formula is C18H25N3. The smallest absolute Gasteiger partial charge is 0.0536 e. The van der Waals surface area contributed by atoms with Crippen molar-refractivity contribution in [2.75, 3.05) is 20.1 Å². The predicted molar refractivity (Wildman–Crippen MR) is 86.2 cm³/mol. The largest absolute Gasteiger partial charge is 0.304 e. The summed E-state index contributed by atoms with van der Waals surface area (Å²) >= 11 is 0. The molecule has 2 aromatic rings. The summed E-state index contributed by atoms with van der Waals surface area (Å²) in [5.41, 5.74) is 2.20. The van der Waals surface area contributed by atoms with E-state index in [-0.39, 0.29) is 0 Å². The van der Waals surface area contributed by atoms with Crippen LogP contribution in [0.5, 0.6) is 0 Å². The van der Waals surface area contributed by atoms with Crippen molar-refractivity contribution in [1.29, 1.82) is 0 Å². The molecule has 0 aliphatic heterocycles. The van der Waals surface area contributed by atoms with Crippen LogP contribution in [0, 0.1) is 5.41 Å². The van der Waals surface area contributed by atoms with Crippen LogP contribution < -0.4 is 0 Å². The monoisotopic (exact) mass is 283 g/mol. The summed E-state index contributed by atoms with van der Waals surface area (Å²) in [6, 6.07) is 13.0. The van der Waals surface area contributed by atoms with E-state index >= 15 is 0 Å². The van der Waals surface area contributed by atoms with Crippen LogP contribution in [0.2, 0.25) is 0 Å². The van der Waals surface area contributed by atoms with Crippen molar-refractivity contribution in [3.05, 3.63) is 54.4 Å². The molecule has 3 nitrogen and oxygen atoms in total. The number of aromatic nitrogens is 2. The van der Waals surface area contributed by atoms with Gasteiger partial charge in [-0.15, -0.1) is 0 Å². The van der Waals surface area contributed by atoms with E-state index in [1.54, 1.807) is 0 Å². The van der Waals surface area contributed by atoms with Crippen molar-refractivity contribution < 1.29 is 0 Å². The van der Waals surface area contributed by atoms with Crippen LogP contribution in [0.3, 0.4) is 0 Å². The summed E-state index contributed by atoms with van der Waals surface area (Å²) in [5, 5.41) is 4.28. The Kier molecular flexibility index (Phi) is 3.62. The maximum Gasteiger partial charge on any atom is 0.0536 e. The van der Waals surface area contributed by atoms with E-state index in [4.69, 9.17) is 0 Å². The molecule has 3 rings (SSSR count). The molecule has 3 heteroatoms. The Balaban J connectivity index is 1.66. The third-order valence-corrected chi connectivity index (χ3v) is 5.05. The molecule has 1 fully saturated rings. The quantitative estimate of drug-likeness (QED) is 0.812. The lowest BCUT2D eigenvalue weighted by molar-refractivity contribution is 0.265. The van der Waals surface area contributed by atoms with Crippen LogP contribution >= 0.6 is 0 Å². The van der Waals surface area contributed by atoms with E-state index in [2.05, 4.69) is 61.2 Å². The molecule has 1 atom stereocenters. The number of rotatable bonds is 6. The molecular weight excluding hydrogens is 258 g/mol. The number of likely N-dealkylation sites (N-methyl/N-ethyl adjacent to an activating group) is 1. The number of nitrogens with zero attached hydrogens (tertiary/aromatic N) is 3. The molecule has 1 aromatic carbocycles. The fourth-order valence-corrected chi connectivity index (χ4v) is 3.57. The number of hydrogen-bond donors (Lipinski definition) is 0. The van der Waals surface area contributed by atoms with Gasteiger partial charge in [-0.3, -0.25) is 4.68 Å². The summed E-state index contributed by atoms with van der Waals surface area (Å²) in [5.74, 6) is 0. The van der Waals surface area contributed by atoms with E-state index in [0.29, 0.717) is 10.8 Å². The SMILES string of the molecule is CN(CCn1cccn1)CC1(c2ccccc2)CC1(C)C. The number of benzene rings is 1. The summed E-state index contributed by atoms with van der Waals surface area (Å²) < 4.78 is 2.00. The van der Waals surface area contributed by atoms with Crippen LogP contribution in [-0.4, -0.2) is 34.8 Å². The zero-order valence-electron chi connectivity index (χ0n) is 13.3. The summed E-state index contributed by atoms with van der Waals surface area (Å²) in [4.78, 5) is 2.45. The molecule has 0 N–H and O–H groups in total. The Morgan fingerprint density at radius 2 is 1.90 bits per heavy atom. The standard InChI is InChI=1S/C18H25N3/c1-17(2)14-18(17,16-8-5-4-6-9-16)15-20(3)12-13-21-11-7-10-19-21/h4-11H,12-15H2,1-3H3. The van der Waals surface area contributed by atoms with Crippen LogP contribution in [0.4, 0.5) is 0 Å². The van der Waals surface area contributed by atoms with Gasteiger partial charge in [-0.05, 0) is 30.5 Å². The van der Waals surface area contributed by atoms with Crippen LogP contribution in [-0.2, 0) is 12.0 Å². The first kappa shape index (κ1) is 14.3. The summed E-state index contributed by atoms with van der Waals surface area (Å²) in [6.45, 7) is 7.88. The minimum atomic E-state index is 0.313. The second-order valence-electron chi connectivity index (χ2n) is 7.02. The van der Waals surface area contributed by atoms with Gasteiger partial charge in [0.05, 0.1) is 6.54 Å². The zero-order chi connectivity index (χ0) is 14.9. The zero-order valence-corrected chi connectivity index (χ0v) is 13.3. The molecule has 21 heavy (non-hydrogen) atoms. The fraction of sp³-hybridized carbons (Fsp3) is 0.500. The molecule has 0 amide bonds. The molecule has 1 unspecified atom stereocenters. The topological polar surface area (TPSA) is 21.1 Å². The van der Waals surface area contributed by atoms with Crippen molar-refractivity contribution in [1.82, 2.24) is 14.7 Å². The highest BCUT2D eigenvalue weighted by Gasteiger charge is 2.61. The van der Waals surface area contributed by atoms with Gasteiger partial charge in [0.2, 0.25) is 0 Å². The minimum absolute atomic E-state index is 0.313. The van der Waals surface area contributed by atoms with Gasteiger partial charge >= 0.3 is 0 Å². The highest BCUT2D eigenvalue weighted by molar-refractivity contribution is 5.37. The van der Waals surface area contributed by atoms with E-state index in [1.807, 2.05) is 23.1 Å². The third kappa shape index (κ3) is 2.75. The van der Waals surface area contributed by atoms with Gasteiger partial charge in [-0.25, -0.2) is 0 Å². The molecule has 112 valence electrons. The van der Waals surface area contributed by atoms with Crippen molar-refractivity contribution in [3.8, 4) is 0 Å². The Morgan fingerprint density at radius 1 is 1.19 bits per heavy atom. The number of hydrogen-bond acceptors (Lipinski definition) is 2. The lowest BCUT2D eigenvalue weighted by Gasteiger charge is -2.27. The molecule has 1 aliphatic rings. The average Bonchev–Trinajstić information content (AvgIpc) is 2.83.